The molecule has 0 saturated heterocycles. The van der Waals surface area contributed by atoms with Gasteiger partial charge in [0.05, 0.1) is 30.3 Å². The van der Waals surface area contributed by atoms with E-state index < -0.39 is 0 Å². The van der Waals surface area contributed by atoms with Crippen LogP contribution in [0.25, 0.3) is 0 Å². The summed E-state index contributed by atoms with van der Waals surface area (Å²) in [5.74, 6) is 1.27. The Morgan fingerprint density at radius 3 is 2.42 bits per heavy atom. The molecule has 2 aromatic rings. The molecule has 0 atom stereocenters. The number of benzene rings is 2. The van der Waals surface area contributed by atoms with Gasteiger partial charge in [0.15, 0.2) is 0 Å². The monoisotopic (exact) mass is 346 g/mol. The molecule has 0 unspecified atom stereocenters. The van der Waals surface area contributed by atoms with Gasteiger partial charge in [0.25, 0.3) is 0 Å². The van der Waals surface area contributed by atoms with E-state index in [4.69, 9.17) is 15.2 Å². The van der Waals surface area contributed by atoms with Crippen LogP contribution in [0.2, 0.25) is 0 Å². The number of ether oxygens (including phenoxy) is 2. The number of amides is 1. The lowest BCUT2D eigenvalue weighted by molar-refractivity contribution is -0.113. The number of nitrogen functional groups attached to an aromatic ring is 1. The number of hydrogen-bond donors (Lipinski definition) is 2. The van der Waals surface area contributed by atoms with Crippen LogP contribution in [-0.4, -0.2) is 24.9 Å². The van der Waals surface area contributed by atoms with Crippen LogP contribution in [0.1, 0.15) is 13.8 Å². The third kappa shape index (κ3) is 5.09. The molecule has 1 amide bonds. The highest BCUT2D eigenvalue weighted by Crippen LogP contribution is 2.35. The van der Waals surface area contributed by atoms with E-state index >= 15 is 0 Å². The average molecular weight is 346 g/mol. The smallest absolute Gasteiger partial charge is 0.234 e. The van der Waals surface area contributed by atoms with Crippen molar-refractivity contribution in [1.82, 2.24) is 0 Å². The van der Waals surface area contributed by atoms with E-state index in [-0.39, 0.29) is 5.91 Å². The summed E-state index contributed by atoms with van der Waals surface area (Å²) in [6, 6.07) is 13.2. The standard InChI is InChI=1S/C18H22N2O3S/c1-3-22-16-11-15(17(23-4-2)10-14(16)19)20-18(21)12-24-13-8-6-5-7-9-13/h5-11H,3-4,12,19H2,1-2H3,(H,20,21). The van der Waals surface area contributed by atoms with Gasteiger partial charge in [-0.05, 0) is 26.0 Å². The van der Waals surface area contributed by atoms with Crippen molar-refractivity contribution in [2.75, 3.05) is 30.0 Å². The normalized spacial score (nSPS) is 10.2. The van der Waals surface area contributed by atoms with E-state index in [1.54, 1.807) is 12.1 Å². The van der Waals surface area contributed by atoms with Crippen LogP contribution in [0, 0.1) is 0 Å². The quantitative estimate of drug-likeness (QED) is 0.562. The second-order valence-electron chi connectivity index (χ2n) is 4.90. The van der Waals surface area contributed by atoms with E-state index in [0.717, 1.165) is 4.90 Å². The minimum atomic E-state index is -0.114. The predicted molar refractivity (Wildman–Crippen MR) is 99.0 cm³/mol. The van der Waals surface area contributed by atoms with E-state index in [1.165, 1.54) is 11.8 Å². The zero-order valence-corrected chi connectivity index (χ0v) is 14.7. The van der Waals surface area contributed by atoms with E-state index in [1.807, 2.05) is 44.2 Å². The fraction of sp³-hybridized carbons (Fsp3) is 0.278. The molecule has 0 saturated carbocycles. The summed E-state index contributed by atoms with van der Waals surface area (Å²) >= 11 is 1.48. The highest BCUT2D eigenvalue weighted by Gasteiger charge is 2.13. The maximum absolute atomic E-state index is 12.2. The molecule has 0 heterocycles. The topological polar surface area (TPSA) is 73.6 Å². The van der Waals surface area contributed by atoms with Crippen LogP contribution in [0.3, 0.4) is 0 Å². The molecule has 0 spiro atoms. The first-order chi connectivity index (χ1) is 11.6. The summed E-state index contributed by atoms with van der Waals surface area (Å²) in [6.07, 6.45) is 0. The van der Waals surface area contributed by atoms with Crippen molar-refractivity contribution in [3.05, 3.63) is 42.5 Å². The van der Waals surface area contributed by atoms with Gasteiger partial charge >= 0.3 is 0 Å². The highest BCUT2D eigenvalue weighted by molar-refractivity contribution is 8.00. The second-order valence-corrected chi connectivity index (χ2v) is 5.95. The number of hydrogen-bond acceptors (Lipinski definition) is 5. The summed E-state index contributed by atoms with van der Waals surface area (Å²) in [5, 5.41) is 2.87. The molecule has 128 valence electrons. The minimum Gasteiger partial charge on any atom is -0.492 e. The van der Waals surface area contributed by atoms with Crippen LogP contribution >= 0.6 is 11.8 Å². The molecular weight excluding hydrogens is 324 g/mol. The Bertz CT molecular complexity index is 677. The minimum absolute atomic E-state index is 0.114. The number of rotatable bonds is 8. The lowest BCUT2D eigenvalue weighted by atomic mass is 10.2. The SMILES string of the molecule is CCOc1cc(NC(=O)CSc2ccccc2)c(OCC)cc1N. The van der Waals surface area contributed by atoms with Crippen molar-refractivity contribution in [1.29, 1.82) is 0 Å². The van der Waals surface area contributed by atoms with Gasteiger partial charge < -0.3 is 20.5 Å². The van der Waals surface area contributed by atoms with Crippen LogP contribution in [-0.2, 0) is 4.79 Å². The molecular formula is C18H22N2O3S. The highest BCUT2D eigenvalue weighted by atomic mass is 32.2. The first kappa shape index (κ1) is 18.0. The fourth-order valence-electron chi connectivity index (χ4n) is 2.08. The van der Waals surface area contributed by atoms with Crippen molar-refractivity contribution in [3.63, 3.8) is 0 Å². The molecule has 0 bridgehead atoms. The summed E-state index contributed by atoms with van der Waals surface area (Å²) in [6.45, 7) is 4.73. The van der Waals surface area contributed by atoms with Crippen molar-refractivity contribution >= 4 is 29.0 Å². The maximum Gasteiger partial charge on any atom is 0.234 e. The number of nitrogens with one attached hydrogen (secondary N) is 1. The Morgan fingerprint density at radius 2 is 1.75 bits per heavy atom. The second kappa shape index (κ2) is 9.08. The van der Waals surface area contributed by atoms with Gasteiger partial charge in [-0.1, -0.05) is 18.2 Å². The van der Waals surface area contributed by atoms with Gasteiger partial charge in [0, 0.05) is 17.0 Å². The molecule has 5 nitrogen and oxygen atoms in total. The van der Waals surface area contributed by atoms with E-state index in [2.05, 4.69) is 5.32 Å². The van der Waals surface area contributed by atoms with E-state index in [9.17, 15) is 4.79 Å². The first-order valence-corrected chi connectivity index (χ1v) is 8.79. The van der Waals surface area contributed by atoms with Crippen LogP contribution < -0.4 is 20.5 Å². The van der Waals surface area contributed by atoms with Crippen LogP contribution in [0.4, 0.5) is 11.4 Å². The molecule has 0 aliphatic rings. The van der Waals surface area contributed by atoms with E-state index in [0.29, 0.717) is 41.8 Å². The lowest BCUT2D eigenvalue weighted by Gasteiger charge is -2.15. The van der Waals surface area contributed by atoms with Gasteiger partial charge in [0.1, 0.15) is 11.5 Å². The molecule has 0 radical (unpaired) electrons. The number of thioether (sulfide) groups is 1. The number of nitrogens with two attached hydrogens (primary N) is 1. The van der Waals surface area contributed by atoms with Gasteiger partial charge in [-0.15, -0.1) is 11.8 Å². The maximum atomic E-state index is 12.2. The molecule has 2 aromatic carbocycles. The summed E-state index contributed by atoms with van der Waals surface area (Å²) in [7, 11) is 0. The first-order valence-electron chi connectivity index (χ1n) is 7.80. The number of anilines is 2. The van der Waals surface area contributed by atoms with Crippen molar-refractivity contribution in [2.24, 2.45) is 0 Å². The van der Waals surface area contributed by atoms with Gasteiger partial charge in [-0.2, -0.15) is 0 Å². The molecule has 0 aliphatic heterocycles. The molecule has 24 heavy (non-hydrogen) atoms. The van der Waals surface area contributed by atoms with Gasteiger partial charge in [-0.3, -0.25) is 4.79 Å². The lowest BCUT2D eigenvalue weighted by Crippen LogP contribution is -2.15. The molecule has 0 aromatic heterocycles. The summed E-state index contributed by atoms with van der Waals surface area (Å²) in [4.78, 5) is 13.3. The summed E-state index contributed by atoms with van der Waals surface area (Å²) in [5.41, 5.74) is 7.00. The third-order valence-corrected chi connectivity index (χ3v) is 4.11. The van der Waals surface area contributed by atoms with Crippen LogP contribution in [0.15, 0.2) is 47.4 Å². The molecule has 6 heteroatoms. The van der Waals surface area contributed by atoms with Crippen molar-refractivity contribution in [3.8, 4) is 11.5 Å². The third-order valence-electron chi connectivity index (χ3n) is 3.10. The van der Waals surface area contributed by atoms with Crippen molar-refractivity contribution < 1.29 is 14.3 Å². The average Bonchev–Trinajstić information content (AvgIpc) is 2.58. The Kier molecular flexibility index (Phi) is 6.81. The van der Waals surface area contributed by atoms with Crippen molar-refractivity contribution in [2.45, 2.75) is 18.7 Å². The molecule has 0 aliphatic carbocycles. The predicted octanol–water partition coefficient (Wildman–Crippen LogP) is 3.80. The molecule has 3 N–H and O–H groups in total. The zero-order chi connectivity index (χ0) is 17.4. The molecule has 0 fully saturated rings. The summed E-state index contributed by atoms with van der Waals surface area (Å²) < 4.78 is 11.0. The Balaban J connectivity index is 2.08. The van der Waals surface area contributed by atoms with Gasteiger partial charge in [0.2, 0.25) is 5.91 Å². The Hall–Kier alpha value is -2.34. The number of carbonyl (C=O) groups is 1. The fourth-order valence-corrected chi connectivity index (χ4v) is 2.80. The largest absolute Gasteiger partial charge is 0.492 e. The van der Waals surface area contributed by atoms with Crippen LogP contribution in [0.5, 0.6) is 11.5 Å². The zero-order valence-electron chi connectivity index (χ0n) is 13.9. The Morgan fingerprint density at radius 1 is 1.08 bits per heavy atom. The Labute approximate surface area is 146 Å². The molecule has 2 rings (SSSR count). The van der Waals surface area contributed by atoms with Gasteiger partial charge in [-0.25, -0.2) is 0 Å². The number of carbonyl (C=O) groups excluding carboxylic acids is 1.